The van der Waals surface area contributed by atoms with Crippen LogP contribution in [-0.4, -0.2) is 26.3 Å². The fourth-order valence-electron chi connectivity index (χ4n) is 3.86. The number of hydrogen-bond donors (Lipinski definition) is 1. The first-order valence-electron chi connectivity index (χ1n) is 9.67. The van der Waals surface area contributed by atoms with Crippen molar-refractivity contribution in [3.05, 3.63) is 90.1 Å². The lowest BCUT2D eigenvalue weighted by Gasteiger charge is -2.27. The zero-order chi connectivity index (χ0) is 22.4. The molecular formula is C21H15FN4O6. The summed E-state index contributed by atoms with van der Waals surface area (Å²) in [7, 11) is 0. The molecule has 3 aromatic heterocycles. The zero-order valence-electron chi connectivity index (χ0n) is 16.5. The Labute approximate surface area is 178 Å². The van der Waals surface area contributed by atoms with Gasteiger partial charge in [0.1, 0.15) is 5.82 Å². The van der Waals surface area contributed by atoms with Crippen molar-refractivity contribution in [1.82, 2.24) is 14.9 Å². The summed E-state index contributed by atoms with van der Waals surface area (Å²) in [5.74, 6) is -0.0843. The van der Waals surface area contributed by atoms with Crippen LogP contribution in [0.1, 0.15) is 16.8 Å². The number of nitrogens with one attached hydrogen (secondary N) is 1. The molecule has 11 heteroatoms. The highest BCUT2D eigenvalue weighted by atomic mass is 19.1. The lowest BCUT2D eigenvalue weighted by Crippen LogP contribution is -2.36. The van der Waals surface area contributed by atoms with Crippen molar-refractivity contribution in [3.63, 3.8) is 0 Å². The van der Waals surface area contributed by atoms with Crippen molar-refractivity contribution < 1.29 is 18.1 Å². The van der Waals surface area contributed by atoms with Gasteiger partial charge in [-0.1, -0.05) is 0 Å². The predicted molar refractivity (Wildman–Crippen MR) is 109 cm³/mol. The number of nitro benzene ring substituents is 1. The Kier molecular flexibility index (Phi) is 4.67. The molecule has 0 aliphatic carbocycles. The normalized spacial score (nSPS) is 13.9. The zero-order valence-corrected chi connectivity index (χ0v) is 16.5. The number of fused-ring (bicyclic) bond motifs is 2. The number of hydrogen-bond acceptors (Lipinski definition) is 8. The third-order valence-electron chi connectivity index (χ3n) is 5.38. The van der Waals surface area contributed by atoms with Gasteiger partial charge in [-0.15, -0.1) is 0 Å². The Bertz CT molecular complexity index is 1470. The van der Waals surface area contributed by atoms with E-state index in [0.29, 0.717) is 41.9 Å². The lowest BCUT2D eigenvalue weighted by atomic mass is 10.1. The Morgan fingerprint density at radius 2 is 2.12 bits per heavy atom. The van der Waals surface area contributed by atoms with E-state index < -0.39 is 21.9 Å². The molecule has 10 nitrogen and oxygen atoms in total. The minimum atomic E-state index is -0.898. The Morgan fingerprint density at radius 3 is 2.88 bits per heavy atom. The maximum atomic E-state index is 13.8. The number of H-pyrrole nitrogens is 1. The number of benzene rings is 1. The van der Waals surface area contributed by atoms with E-state index in [-0.39, 0.29) is 35.2 Å². The van der Waals surface area contributed by atoms with E-state index in [4.69, 9.17) is 8.83 Å². The smallest absolute Gasteiger partial charge is 0.315 e. The van der Waals surface area contributed by atoms with Crippen LogP contribution in [0, 0.1) is 15.9 Å². The first kappa shape index (κ1) is 19.8. The maximum Gasteiger partial charge on any atom is 0.315 e. The van der Waals surface area contributed by atoms with E-state index in [1.165, 1.54) is 6.26 Å². The second-order valence-corrected chi connectivity index (χ2v) is 7.43. The van der Waals surface area contributed by atoms with E-state index >= 15 is 0 Å². The Morgan fingerprint density at radius 1 is 1.28 bits per heavy atom. The number of furan rings is 1. The summed E-state index contributed by atoms with van der Waals surface area (Å²) in [6.07, 6.45) is 3.12. The van der Waals surface area contributed by atoms with Crippen molar-refractivity contribution in [1.29, 1.82) is 0 Å². The fourth-order valence-corrected chi connectivity index (χ4v) is 3.86. The number of aromatic nitrogens is 2. The fraction of sp³-hybridized carbons (Fsp3) is 0.190. The number of aromatic amines is 1. The van der Waals surface area contributed by atoms with Crippen LogP contribution in [0.4, 0.5) is 10.1 Å². The standard InChI is InChI=1S/C21H15FN4O6/c22-12-6-13-18(27)11(10-32-19(13)16(7-12)26(29)30)8-25-4-3-15-14(9-25)21(28)24-20(23-15)17-2-1-5-31-17/h1-2,5-7,10H,3-4,8-9H2,(H,23,24,28). The molecule has 0 saturated carbocycles. The quantitative estimate of drug-likeness (QED) is 0.379. The number of rotatable bonds is 4. The number of halogens is 1. The van der Waals surface area contributed by atoms with Crippen molar-refractivity contribution in [2.75, 3.05) is 6.54 Å². The van der Waals surface area contributed by atoms with Crippen LogP contribution in [0.2, 0.25) is 0 Å². The molecule has 0 saturated heterocycles. The summed E-state index contributed by atoms with van der Waals surface area (Å²) >= 11 is 0. The average molecular weight is 438 g/mol. The molecular weight excluding hydrogens is 423 g/mol. The van der Waals surface area contributed by atoms with Crippen molar-refractivity contribution >= 4 is 16.7 Å². The molecule has 4 aromatic rings. The summed E-state index contributed by atoms with van der Waals surface area (Å²) in [5.41, 5.74) is -0.398. The minimum Gasteiger partial charge on any atom is -0.461 e. The highest BCUT2D eigenvalue weighted by molar-refractivity contribution is 5.85. The van der Waals surface area contributed by atoms with E-state index in [2.05, 4.69) is 9.97 Å². The van der Waals surface area contributed by atoms with Crippen molar-refractivity contribution in [2.24, 2.45) is 0 Å². The van der Waals surface area contributed by atoms with Crippen LogP contribution in [0.25, 0.3) is 22.6 Å². The number of non-ortho nitro benzene ring substituents is 1. The highest BCUT2D eigenvalue weighted by Gasteiger charge is 2.24. The number of nitrogens with zero attached hydrogens (tertiary/aromatic N) is 3. The first-order chi connectivity index (χ1) is 15.4. The molecule has 4 heterocycles. The molecule has 0 bridgehead atoms. The lowest BCUT2D eigenvalue weighted by molar-refractivity contribution is -0.383. The third-order valence-corrected chi connectivity index (χ3v) is 5.38. The molecule has 32 heavy (non-hydrogen) atoms. The molecule has 0 amide bonds. The third kappa shape index (κ3) is 3.38. The summed E-state index contributed by atoms with van der Waals surface area (Å²) in [4.78, 5) is 44.9. The molecule has 1 aromatic carbocycles. The van der Waals surface area contributed by atoms with E-state index in [9.17, 15) is 24.1 Å². The maximum absolute atomic E-state index is 13.8. The van der Waals surface area contributed by atoms with Gasteiger partial charge in [-0.2, -0.15) is 0 Å². The predicted octanol–water partition coefficient (Wildman–Crippen LogP) is 2.74. The van der Waals surface area contributed by atoms with Gasteiger partial charge in [-0.05, 0) is 18.2 Å². The van der Waals surface area contributed by atoms with E-state index in [0.717, 1.165) is 12.3 Å². The molecule has 0 radical (unpaired) electrons. The summed E-state index contributed by atoms with van der Waals surface area (Å²) < 4.78 is 24.5. The Hall–Kier alpha value is -4.12. The van der Waals surface area contributed by atoms with Crippen molar-refractivity contribution in [3.8, 4) is 11.6 Å². The first-order valence-corrected chi connectivity index (χ1v) is 9.67. The van der Waals surface area contributed by atoms with Crippen LogP contribution in [0.15, 0.2) is 55.2 Å². The van der Waals surface area contributed by atoms with Crippen molar-refractivity contribution in [2.45, 2.75) is 19.5 Å². The highest BCUT2D eigenvalue weighted by Crippen LogP contribution is 2.26. The second kappa shape index (κ2) is 7.54. The van der Waals surface area contributed by atoms with Crippen LogP contribution < -0.4 is 11.0 Å². The minimum absolute atomic E-state index is 0.126. The number of nitro groups is 1. The monoisotopic (exact) mass is 438 g/mol. The molecule has 0 atom stereocenters. The molecule has 0 spiro atoms. The molecule has 1 aliphatic heterocycles. The molecule has 162 valence electrons. The van der Waals surface area contributed by atoms with Gasteiger partial charge in [-0.3, -0.25) is 24.6 Å². The summed E-state index contributed by atoms with van der Waals surface area (Å²) in [6, 6.07) is 5.04. The van der Waals surface area contributed by atoms with Gasteiger partial charge >= 0.3 is 5.69 Å². The van der Waals surface area contributed by atoms with Gasteiger partial charge in [0.2, 0.25) is 5.58 Å². The molecule has 0 unspecified atom stereocenters. The molecule has 5 rings (SSSR count). The second-order valence-electron chi connectivity index (χ2n) is 7.43. The SMILES string of the molecule is O=c1[nH]c(-c2ccco2)nc2c1CN(Cc1coc3c([N+](=O)[O-])cc(F)cc3c1=O)CC2. The van der Waals surface area contributed by atoms with Gasteiger partial charge in [0.15, 0.2) is 17.0 Å². The summed E-state index contributed by atoms with van der Waals surface area (Å²) in [6.45, 7) is 0.889. The van der Waals surface area contributed by atoms with E-state index in [1.54, 1.807) is 12.1 Å². The van der Waals surface area contributed by atoms with Crippen LogP contribution >= 0.6 is 0 Å². The van der Waals surface area contributed by atoms with Crippen LogP contribution in [-0.2, 0) is 19.5 Å². The van der Waals surface area contributed by atoms with Gasteiger partial charge in [0.25, 0.3) is 5.56 Å². The van der Waals surface area contributed by atoms with Gasteiger partial charge < -0.3 is 13.8 Å². The summed E-state index contributed by atoms with van der Waals surface area (Å²) in [5, 5.41) is 11.0. The Balaban J connectivity index is 1.45. The van der Waals surface area contributed by atoms with Gasteiger partial charge in [0, 0.05) is 31.6 Å². The van der Waals surface area contributed by atoms with Crippen LogP contribution in [0.3, 0.4) is 0 Å². The van der Waals surface area contributed by atoms with Gasteiger partial charge in [0.05, 0.1) is 40.2 Å². The molecule has 0 fully saturated rings. The van der Waals surface area contributed by atoms with Gasteiger partial charge in [-0.25, -0.2) is 9.37 Å². The van der Waals surface area contributed by atoms with Crippen LogP contribution in [0.5, 0.6) is 0 Å². The topological polar surface area (TPSA) is 135 Å². The average Bonchev–Trinajstić information content (AvgIpc) is 3.31. The molecule has 1 N–H and O–H groups in total. The van der Waals surface area contributed by atoms with E-state index in [1.807, 2.05) is 4.90 Å². The largest absolute Gasteiger partial charge is 0.461 e. The molecule has 1 aliphatic rings.